The van der Waals surface area contributed by atoms with Gasteiger partial charge in [0.25, 0.3) is 0 Å². The van der Waals surface area contributed by atoms with E-state index in [-0.39, 0.29) is 20.1 Å². The van der Waals surface area contributed by atoms with Crippen molar-refractivity contribution in [3.05, 3.63) is 115 Å². The second-order valence-corrected chi connectivity index (χ2v) is 16.9. The van der Waals surface area contributed by atoms with Crippen molar-refractivity contribution in [3.63, 3.8) is 0 Å². The Morgan fingerprint density at radius 2 is 1.54 bits per heavy atom. The summed E-state index contributed by atoms with van der Waals surface area (Å²) in [5.41, 5.74) is 5.48. The smallest absolute Gasteiger partial charge is 0.0776 e. The number of hydrogen-bond donors (Lipinski definition) is 0. The number of pyridine rings is 2. The molecule has 0 unspecified atom stereocenters. The zero-order valence-corrected chi connectivity index (χ0v) is 27.2. The molecule has 39 heavy (non-hydrogen) atoms. The van der Waals surface area contributed by atoms with E-state index >= 15 is 0 Å². The summed E-state index contributed by atoms with van der Waals surface area (Å²) in [6, 6.07) is 35.9. The predicted octanol–water partition coefficient (Wildman–Crippen LogP) is 9.13. The number of fused-ring (bicyclic) bond motifs is 3. The van der Waals surface area contributed by atoms with Crippen molar-refractivity contribution in [1.82, 2.24) is 9.97 Å². The Kier molecular flexibility index (Phi) is 9.29. The van der Waals surface area contributed by atoms with Crippen LogP contribution in [0, 0.1) is 12.1 Å². The van der Waals surface area contributed by atoms with Gasteiger partial charge in [-0.05, 0) is 45.6 Å². The van der Waals surface area contributed by atoms with Gasteiger partial charge in [0.15, 0.2) is 0 Å². The first-order valence-electron chi connectivity index (χ1n) is 13.0. The molecule has 0 spiro atoms. The van der Waals surface area contributed by atoms with E-state index in [9.17, 15) is 0 Å². The molecule has 199 valence electrons. The Hall–Kier alpha value is -2.95. The van der Waals surface area contributed by atoms with Gasteiger partial charge >= 0.3 is 0 Å². The molecule has 6 rings (SSSR count). The minimum absolute atomic E-state index is 0. The third-order valence-corrected chi connectivity index (χ3v) is 9.88. The number of thiophene rings is 1. The van der Waals surface area contributed by atoms with Crippen molar-refractivity contribution in [2.24, 2.45) is 0 Å². The third kappa shape index (κ3) is 6.62. The number of nitrogens with zero attached hydrogens (tertiary/aromatic N) is 2. The van der Waals surface area contributed by atoms with E-state index in [4.69, 9.17) is 0 Å². The van der Waals surface area contributed by atoms with Crippen LogP contribution in [-0.4, -0.2) is 18.0 Å². The van der Waals surface area contributed by atoms with E-state index in [1.165, 1.54) is 30.9 Å². The molecule has 3 aromatic carbocycles. The molecular formula is C34H32IrN2SSi-2. The standard InChI is InChI=1S/C23H24NSSi.C11H8N.Ir/c1-15(2)16-11-12-24-21(13-16)20-8-6-7-19-18-10-9-17(26(3,4)5)14-22(18)25-23(19)20;1-2-6-10(7-3-1)11-8-4-5-9-12-11;/h6-7,9-15H,1-5H3;1-6,8-9H;/q2*-1;. The second kappa shape index (κ2) is 12.5. The average molecular weight is 721 g/mol. The molecule has 0 N–H and O–H groups in total. The Morgan fingerprint density at radius 1 is 0.744 bits per heavy atom. The first-order chi connectivity index (χ1) is 18.3. The Labute approximate surface area is 250 Å². The molecule has 1 radical (unpaired) electrons. The number of aromatic nitrogens is 2. The fraction of sp³-hybridized carbons (Fsp3) is 0.176. The number of rotatable bonds is 4. The maximum absolute atomic E-state index is 4.65. The maximum Gasteiger partial charge on any atom is 0.0776 e. The minimum Gasteiger partial charge on any atom is -0.305 e. The van der Waals surface area contributed by atoms with Crippen LogP contribution >= 0.6 is 11.3 Å². The van der Waals surface area contributed by atoms with Crippen LogP contribution in [0.5, 0.6) is 0 Å². The van der Waals surface area contributed by atoms with Crippen LogP contribution in [0.1, 0.15) is 25.3 Å². The summed E-state index contributed by atoms with van der Waals surface area (Å²) in [5.74, 6) is 0.498. The molecule has 0 fully saturated rings. The number of hydrogen-bond acceptors (Lipinski definition) is 3. The van der Waals surface area contributed by atoms with Gasteiger partial charge in [0, 0.05) is 37.2 Å². The van der Waals surface area contributed by atoms with Gasteiger partial charge in [-0.15, -0.1) is 59.7 Å². The Balaban J connectivity index is 0.000000228. The van der Waals surface area contributed by atoms with Crippen molar-refractivity contribution in [1.29, 1.82) is 0 Å². The molecule has 0 saturated carbocycles. The summed E-state index contributed by atoms with van der Waals surface area (Å²) in [4.78, 5) is 8.87. The summed E-state index contributed by atoms with van der Waals surface area (Å²) in [6.45, 7) is 11.7. The summed E-state index contributed by atoms with van der Waals surface area (Å²) in [7, 11) is -1.31. The zero-order chi connectivity index (χ0) is 26.7. The monoisotopic (exact) mass is 721 g/mol. The van der Waals surface area contributed by atoms with Crippen molar-refractivity contribution in [2.75, 3.05) is 0 Å². The van der Waals surface area contributed by atoms with Crippen LogP contribution in [0.2, 0.25) is 19.6 Å². The fourth-order valence-electron chi connectivity index (χ4n) is 4.42. The van der Waals surface area contributed by atoms with Crippen LogP contribution in [0.15, 0.2) is 97.3 Å². The largest absolute Gasteiger partial charge is 0.305 e. The van der Waals surface area contributed by atoms with E-state index in [2.05, 4.69) is 92.0 Å². The molecule has 0 bridgehead atoms. The van der Waals surface area contributed by atoms with E-state index in [0.29, 0.717) is 5.92 Å². The molecule has 6 aromatic rings. The fourth-order valence-corrected chi connectivity index (χ4v) is 6.93. The topological polar surface area (TPSA) is 25.8 Å². The maximum atomic E-state index is 4.65. The van der Waals surface area contributed by atoms with E-state index in [0.717, 1.165) is 22.5 Å². The van der Waals surface area contributed by atoms with Crippen molar-refractivity contribution >= 4 is 44.8 Å². The van der Waals surface area contributed by atoms with Crippen LogP contribution < -0.4 is 5.19 Å². The van der Waals surface area contributed by atoms with E-state index in [1.54, 1.807) is 6.20 Å². The van der Waals surface area contributed by atoms with Gasteiger partial charge in [-0.2, -0.15) is 11.3 Å². The predicted molar refractivity (Wildman–Crippen MR) is 167 cm³/mol. The molecule has 0 atom stereocenters. The molecular weight excluding hydrogens is 689 g/mol. The molecule has 2 nitrogen and oxygen atoms in total. The molecule has 3 heterocycles. The van der Waals surface area contributed by atoms with Gasteiger partial charge in [-0.25, -0.2) is 0 Å². The zero-order valence-electron chi connectivity index (χ0n) is 23.0. The average Bonchev–Trinajstić information content (AvgIpc) is 3.32. The summed E-state index contributed by atoms with van der Waals surface area (Å²) >= 11 is 1.88. The quantitative estimate of drug-likeness (QED) is 0.134. The van der Waals surface area contributed by atoms with Crippen LogP contribution in [0.4, 0.5) is 0 Å². The third-order valence-electron chi connectivity index (χ3n) is 6.66. The minimum atomic E-state index is -1.31. The molecule has 0 amide bonds. The number of benzene rings is 3. The molecule has 0 aliphatic heterocycles. The first-order valence-corrected chi connectivity index (χ1v) is 17.3. The van der Waals surface area contributed by atoms with Crippen molar-refractivity contribution in [3.8, 4) is 22.5 Å². The molecule has 0 saturated heterocycles. The van der Waals surface area contributed by atoms with Gasteiger partial charge in [0.1, 0.15) is 0 Å². The van der Waals surface area contributed by atoms with Crippen LogP contribution in [0.25, 0.3) is 42.7 Å². The summed E-state index contributed by atoms with van der Waals surface area (Å²) in [5, 5.41) is 4.18. The normalized spacial score (nSPS) is 11.2. The molecule has 0 aliphatic rings. The second-order valence-electron chi connectivity index (χ2n) is 10.8. The van der Waals surface area contributed by atoms with Crippen LogP contribution in [-0.2, 0) is 20.1 Å². The molecule has 0 aliphatic carbocycles. The molecule has 3 aromatic heterocycles. The first kappa shape index (κ1) is 29.0. The SMILES string of the molecule is CC(C)c1ccnc(-c2[c-]ccc3c2sc2cc([Si](C)(C)C)ccc23)c1.[Ir].[c-]1ccccc1-c1ccccn1. The molecule has 5 heteroatoms. The van der Waals surface area contributed by atoms with Gasteiger partial charge in [-0.3, -0.25) is 0 Å². The van der Waals surface area contributed by atoms with E-state index < -0.39 is 8.07 Å². The van der Waals surface area contributed by atoms with Gasteiger partial charge in [-0.1, -0.05) is 80.0 Å². The van der Waals surface area contributed by atoms with Gasteiger partial charge in [0.2, 0.25) is 0 Å². The summed E-state index contributed by atoms with van der Waals surface area (Å²) < 4.78 is 2.67. The Bertz CT molecular complexity index is 1640. The van der Waals surface area contributed by atoms with Crippen LogP contribution in [0.3, 0.4) is 0 Å². The Morgan fingerprint density at radius 3 is 2.23 bits per heavy atom. The van der Waals surface area contributed by atoms with E-state index in [1.807, 2.05) is 66.1 Å². The summed E-state index contributed by atoms with van der Waals surface area (Å²) in [6.07, 6.45) is 3.71. The van der Waals surface area contributed by atoms with Gasteiger partial charge in [0.05, 0.1) is 8.07 Å². The van der Waals surface area contributed by atoms with Crippen molar-refractivity contribution < 1.29 is 20.1 Å². The van der Waals surface area contributed by atoms with Crippen molar-refractivity contribution in [2.45, 2.75) is 39.4 Å². The van der Waals surface area contributed by atoms with Gasteiger partial charge < -0.3 is 9.97 Å².